The fraction of sp³-hybridized carbons (Fsp3) is 0.222. The van der Waals surface area contributed by atoms with Gasteiger partial charge in [0, 0.05) is 17.3 Å². The third-order valence-corrected chi connectivity index (χ3v) is 5.42. The van der Waals surface area contributed by atoms with Gasteiger partial charge in [0.15, 0.2) is 0 Å². The lowest BCUT2D eigenvalue weighted by Gasteiger charge is -2.10. The number of aromatic nitrogens is 1. The van der Waals surface area contributed by atoms with Gasteiger partial charge < -0.3 is 15.4 Å². The normalized spacial score (nSPS) is 14.4. The van der Waals surface area contributed by atoms with Gasteiger partial charge in [-0.25, -0.2) is 4.79 Å². The van der Waals surface area contributed by atoms with E-state index in [0.29, 0.717) is 16.0 Å². The molecule has 24 heavy (non-hydrogen) atoms. The number of carboxylic acids is 1. The number of carboxylic acid groups (broad SMARTS) is 1. The molecular formula is C18H15BrN2O3. The number of aromatic carboxylic acids is 1. The highest BCUT2D eigenvalue weighted by atomic mass is 79.9. The molecule has 1 fully saturated rings. The zero-order valence-corrected chi connectivity index (χ0v) is 14.3. The van der Waals surface area contributed by atoms with Crippen LogP contribution in [0.2, 0.25) is 0 Å². The van der Waals surface area contributed by atoms with Crippen molar-refractivity contribution in [1.29, 1.82) is 0 Å². The minimum Gasteiger partial charge on any atom is -0.478 e. The van der Waals surface area contributed by atoms with E-state index >= 15 is 0 Å². The Morgan fingerprint density at radius 3 is 2.46 bits per heavy atom. The molecule has 0 saturated heterocycles. The first kappa shape index (κ1) is 15.2. The van der Waals surface area contributed by atoms with Gasteiger partial charge >= 0.3 is 5.97 Å². The van der Waals surface area contributed by atoms with Crippen LogP contribution in [-0.2, 0) is 6.54 Å². The van der Waals surface area contributed by atoms with Crippen molar-refractivity contribution in [2.24, 2.45) is 11.7 Å². The van der Waals surface area contributed by atoms with E-state index in [-0.39, 0.29) is 5.56 Å². The fourth-order valence-corrected chi connectivity index (χ4v) is 4.04. The lowest BCUT2D eigenvalue weighted by Crippen LogP contribution is -2.13. The molecule has 0 bridgehead atoms. The highest BCUT2D eigenvalue weighted by Gasteiger charge is 2.27. The Bertz CT molecular complexity index is 1020. The smallest absolute Gasteiger partial charge is 0.336 e. The summed E-state index contributed by atoms with van der Waals surface area (Å²) >= 11 is 3.47. The van der Waals surface area contributed by atoms with Crippen molar-refractivity contribution in [2.45, 2.75) is 19.4 Å². The second-order valence-electron chi connectivity index (χ2n) is 6.25. The van der Waals surface area contributed by atoms with Gasteiger partial charge in [-0.1, -0.05) is 18.2 Å². The minimum atomic E-state index is -0.984. The van der Waals surface area contributed by atoms with E-state index in [4.69, 9.17) is 5.73 Å². The molecule has 3 aromatic rings. The number of nitrogens with zero attached hydrogens (tertiary/aromatic N) is 1. The van der Waals surface area contributed by atoms with Gasteiger partial charge in [0.1, 0.15) is 0 Å². The Labute approximate surface area is 146 Å². The summed E-state index contributed by atoms with van der Waals surface area (Å²) in [5.74, 6) is -0.901. The van der Waals surface area contributed by atoms with Crippen LogP contribution in [0.4, 0.5) is 0 Å². The van der Waals surface area contributed by atoms with Crippen molar-refractivity contribution in [1.82, 2.24) is 4.57 Å². The summed E-state index contributed by atoms with van der Waals surface area (Å²) in [6.07, 6.45) is 2.30. The van der Waals surface area contributed by atoms with Crippen LogP contribution in [0, 0.1) is 5.92 Å². The highest BCUT2D eigenvalue weighted by Crippen LogP contribution is 2.40. The molecule has 1 aliphatic rings. The van der Waals surface area contributed by atoms with Crippen molar-refractivity contribution in [2.75, 3.05) is 0 Å². The monoisotopic (exact) mass is 386 g/mol. The number of primary amides is 1. The molecule has 0 unspecified atom stereocenters. The van der Waals surface area contributed by atoms with Gasteiger partial charge in [0.25, 0.3) is 5.91 Å². The summed E-state index contributed by atoms with van der Waals surface area (Å²) in [5.41, 5.74) is 7.85. The summed E-state index contributed by atoms with van der Waals surface area (Å²) in [7, 11) is 0. The first-order valence-electron chi connectivity index (χ1n) is 7.75. The second kappa shape index (κ2) is 5.34. The Balaban J connectivity index is 2.17. The largest absolute Gasteiger partial charge is 0.478 e. The fourth-order valence-electron chi connectivity index (χ4n) is 3.31. The average molecular weight is 387 g/mol. The van der Waals surface area contributed by atoms with Crippen LogP contribution in [0.15, 0.2) is 34.8 Å². The van der Waals surface area contributed by atoms with Crippen molar-refractivity contribution < 1.29 is 14.7 Å². The van der Waals surface area contributed by atoms with Crippen LogP contribution in [0.1, 0.15) is 33.6 Å². The first-order valence-corrected chi connectivity index (χ1v) is 8.55. The van der Waals surface area contributed by atoms with E-state index in [2.05, 4.69) is 20.5 Å². The number of carbonyl (C=O) groups is 2. The van der Waals surface area contributed by atoms with Crippen molar-refractivity contribution in [3.63, 3.8) is 0 Å². The summed E-state index contributed by atoms with van der Waals surface area (Å²) in [4.78, 5) is 23.4. The predicted octanol–water partition coefficient (Wildman–Crippen LogP) is 3.76. The number of nitrogens with two attached hydrogens (primary N) is 1. The van der Waals surface area contributed by atoms with Crippen LogP contribution >= 0.6 is 15.9 Å². The van der Waals surface area contributed by atoms with E-state index in [9.17, 15) is 14.7 Å². The average Bonchev–Trinajstić information content (AvgIpc) is 3.30. The molecule has 1 heterocycles. The molecule has 6 heteroatoms. The summed E-state index contributed by atoms with van der Waals surface area (Å²) in [6, 6.07) is 8.87. The maximum atomic E-state index is 11.9. The van der Waals surface area contributed by atoms with Gasteiger partial charge in [0.05, 0.1) is 26.6 Å². The minimum absolute atomic E-state index is 0.211. The number of hydrogen-bond acceptors (Lipinski definition) is 2. The molecule has 0 atom stereocenters. The lowest BCUT2D eigenvalue weighted by molar-refractivity contribution is 0.0695. The molecule has 4 rings (SSSR count). The van der Waals surface area contributed by atoms with Gasteiger partial charge in [-0.15, -0.1) is 0 Å². The summed E-state index contributed by atoms with van der Waals surface area (Å²) < 4.78 is 2.60. The maximum Gasteiger partial charge on any atom is 0.336 e. The molecule has 1 saturated carbocycles. The number of amides is 1. The van der Waals surface area contributed by atoms with Gasteiger partial charge in [-0.05, 0) is 46.8 Å². The van der Waals surface area contributed by atoms with Crippen molar-refractivity contribution in [3.05, 3.63) is 45.9 Å². The quantitative estimate of drug-likeness (QED) is 0.715. The molecule has 0 aliphatic heterocycles. The molecule has 0 spiro atoms. The third kappa shape index (κ3) is 2.21. The number of halogens is 1. The molecular weight excluding hydrogens is 372 g/mol. The van der Waals surface area contributed by atoms with Crippen LogP contribution < -0.4 is 5.73 Å². The van der Waals surface area contributed by atoms with E-state index < -0.39 is 11.9 Å². The molecule has 5 nitrogen and oxygen atoms in total. The lowest BCUT2D eigenvalue weighted by atomic mass is 10.1. The van der Waals surface area contributed by atoms with Crippen LogP contribution in [0.3, 0.4) is 0 Å². The summed E-state index contributed by atoms with van der Waals surface area (Å²) in [5, 5.41) is 11.3. The SMILES string of the molecule is NC(=O)c1cccc2c3ccc(C(=O)O)c(Br)c3n(CC3CC3)c12. The number of carbonyl (C=O) groups excluding carboxylic acids is 1. The summed E-state index contributed by atoms with van der Waals surface area (Å²) in [6.45, 7) is 0.756. The number of hydrogen-bond donors (Lipinski definition) is 2. The second-order valence-corrected chi connectivity index (χ2v) is 7.04. The van der Waals surface area contributed by atoms with Crippen LogP contribution in [0.5, 0.6) is 0 Å². The molecule has 3 N–H and O–H groups in total. The molecule has 0 radical (unpaired) electrons. The zero-order chi connectivity index (χ0) is 17.0. The third-order valence-electron chi connectivity index (χ3n) is 4.62. The van der Waals surface area contributed by atoms with Gasteiger partial charge in [0.2, 0.25) is 0 Å². The Hall–Kier alpha value is -2.34. The Morgan fingerprint density at radius 2 is 1.83 bits per heavy atom. The molecule has 2 aromatic carbocycles. The van der Waals surface area contributed by atoms with Crippen molar-refractivity contribution >= 4 is 49.6 Å². The number of rotatable bonds is 4. The van der Waals surface area contributed by atoms with Crippen LogP contribution in [-0.4, -0.2) is 21.6 Å². The first-order chi connectivity index (χ1) is 11.5. The van der Waals surface area contributed by atoms with E-state index in [0.717, 1.165) is 41.2 Å². The van der Waals surface area contributed by atoms with E-state index in [1.54, 1.807) is 18.2 Å². The number of para-hydroxylation sites is 1. The number of benzene rings is 2. The van der Waals surface area contributed by atoms with E-state index in [1.165, 1.54) is 0 Å². The Kier molecular flexibility index (Phi) is 3.38. The highest BCUT2D eigenvalue weighted by molar-refractivity contribution is 9.10. The molecule has 122 valence electrons. The molecule has 1 amide bonds. The van der Waals surface area contributed by atoms with Gasteiger partial charge in [-0.3, -0.25) is 4.79 Å². The predicted molar refractivity (Wildman–Crippen MR) is 95.3 cm³/mol. The molecule has 1 aromatic heterocycles. The number of fused-ring (bicyclic) bond motifs is 3. The maximum absolute atomic E-state index is 11.9. The van der Waals surface area contributed by atoms with Crippen molar-refractivity contribution in [3.8, 4) is 0 Å². The van der Waals surface area contributed by atoms with Crippen LogP contribution in [0.25, 0.3) is 21.8 Å². The standard InChI is InChI=1S/C18H15BrN2O3/c19-14-12(18(23)24)7-6-11-10-2-1-3-13(17(20)22)15(10)21(16(11)14)8-9-4-5-9/h1-3,6-7,9H,4-5,8H2,(H2,20,22)(H,23,24). The van der Waals surface area contributed by atoms with Gasteiger partial charge in [-0.2, -0.15) is 0 Å². The Morgan fingerprint density at radius 1 is 1.12 bits per heavy atom. The van der Waals surface area contributed by atoms with E-state index in [1.807, 2.05) is 12.1 Å². The topological polar surface area (TPSA) is 85.3 Å². The zero-order valence-electron chi connectivity index (χ0n) is 12.8. The molecule has 1 aliphatic carbocycles.